The Morgan fingerprint density at radius 3 is 2.73 bits per heavy atom. The average Bonchev–Trinajstić information content (AvgIpc) is 2.47. The summed E-state index contributed by atoms with van der Waals surface area (Å²) in [5.74, 6) is -1.02. The van der Waals surface area contributed by atoms with Crippen LogP contribution in [0.15, 0.2) is 30.4 Å². The van der Waals surface area contributed by atoms with Crippen LogP contribution >= 0.6 is 0 Å². The first-order chi connectivity index (χ1) is 10.5. The van der Waals surface area contributed by atoms with Crippen molar-refractivity contribution in [2.75, 3.05) is 18.5 Å². The van der Waals surface area contributed by atoms with E-state index >= 15 is 0 Å². The van der Waals surface area contributed by atoms with Gasteiger partial charge in [-0.3, -0.25) is 14.9 Å². The monoisotopic (exact) mass is 308 g/mol. The van der Waals surface area contributed by atoms with Crippen molar-refractivity contribution in [1.82, 2.24) is 0 Å². The van der Waals surface area contributed by atoms with E-state index in [9.17, 15) is 19.7 Å². The molecule has 1 amide bonds. The lowest BCUT2D eigenvalue weighted by Gasteiger charge is -2.08. The van der Waals surface area contributed by atoms with Crippen LogP contribution < -0.4 is 10.1 Å². The summed E-state index contributed by atoms with van der Waals surface area (Å²) in [7, 11) is 0. The van der Waals surface area contributed by atoms with Gasteiger partial charge in [-0.2, -0.15) is 0 Å². The van der Waals surface area contributed by atoms with Gasteiger partial charge in [0.2, 0.25) is 0 Å². The van der Waals surface area contributed by atoms with Crippen molar-refractivity contribution in [2.24, 2.45) is 0 Å². The summed E-state index contributed by atoms with van der Waals surface area (Å²) in [4.78, 5) is 33.1. The van der Waals surface area contributed by atoms with Crippen LogP contribution in [0.25, 0.3) is 0 Å². The molecule has 0 atom stereocenters. The molecule has 22 heavy (non-hydrogen) atoms. The van der Waals surface area contributed by atoms with Crippen molar-refractivity contribution in [3.63, 3.8) is 0 Å². The van der Waals surface area contributed by atoms with Gasteiger partial charge in [0, 0.05) is 6.08 Å². The second kappa shape index (κ2) is 8.40. The van der Waals surface area contributed by atoms with Gasteiger partial charge in [-0.25, -0.2) is 4.79 Å². The molecule has 1 aromatic rings. The minimum atomic E-state index is -0.676. The molecular weight excluding hydrogens is 292 g/mol. The highest BCUT2D eigenvalue weighted by Gasteiger charge is 2.17. The van der Waals surface area contributed by atoms with E-state index in [1.807, 2.05) is 0 Å². The predicted octanol–water partition coefficient (Wildman–Crippen LogP) is 2.05. The largest absolute Gasteiger partial charge is 0.494 e. The predicted molar refractivity (Wildman–Crippen MR) is 78.7 cm³/mol. The number of nitro benzene ring substituents is 1. The molecule has 0 saturated carbocycles. The van der Waals surface area contributed by atoms with Gasteiger partial charge < -0.3 is 14.8 Å². The molecule has 0 saturated heterocycles. The molecule has 0 bridgehead atoms. The Labute approximate surface area is 126 Å². The van der Waals surface area contributed by atoms with Crippen LogP contribution in [0.1, 0.15) is 13.8 Å². The number of esters is 1. The number of hydrogen-bond acceptors (Lipinski definition) is 6. The van der Waals surface area contributed by atoms with E-state index in [1.54, 1.807) is 13.8 Å². The molecule has 1 N–H and O–H groups in total. The highest BCUT2D eigenvalue weighted by molar-refractivity contribution is 5.95. The summed E-state index contributed by atoms with van der Waals surface area (Å²) in [6.45, 7) is 3.21. The molecule has 1 rings (SSSR count). The van der Waals surface area contributed by atoms with Crippen molar-refractivity contribution in [2.45, 2.75) is 13.8 Å². The fraction of sp³-hybridized carbons (Fsp3) is 0.286. The van der Waals surface area contributed by atoms with Gasteiger partial charge in [0.15, 0.2) is 6.61 Å². The molecule has 8 nitrogen and oxygen atoms in total. The summed E-state index contributed by atoms with van der Waals surface area (Å²) < 4.78 is 9.82. The lowest BCUT2D eigenvalue weighted by Crippen LogP contribution is -2.20. The lowest BCUT2D eigenvalue weighted by molar-refractivity contribution is -0.384. The number of nitrogens with zero attached hydrogens (tertiary/aromatic N) is 1. The van der Waals surface area contributed by atoms with Crippen molar-refractivity contribution in [3.05, 3.63) is 40.5 Å². The maximum Gasteiger partial charge on any atom is 0.330 e. The Balaban J connectivity index is 2.77. The molecule has 1 aromatic carbocycles. The van der Waals surface area contributed by atoms with Crippen molar-refractivity contribution >= 4 is 23.3 Å². The number of hydrogen-bond donors (Lipinski definition) is 1. The van der Waals surface area contributed by atoms with Crippen LogP contribution in [0.5, 0.6) is 5.75 Å². The van der Waals surface area contributed by atoms with Crippen LogP contribution in [0.2, 0.25) is 0 Å². The zero-order valence-corrected chi connectivity index (χ0v) is 12.2. The molecule has 0 spiro atoms. The zero-order chi connectivity index (χ0) is 16.5. The SMILES string of the molecule is CC=CC(=O)OCC(=O)Nc1ccc(OCC)cc1[N+](=O)[O-]. The van der Waals surface area contributed by atoms with Gasteiger partial charge in [0.1, 0.15) is 11.4 Å². The van der Waals surface area contributed by atoms with Gasteiger partial charge in [0.05, 0.1) is 17.6 Å². The maximum absolute atomic E-state index is 11.6. The molecule has 0 radical (unpaired) electrons. The van der Waals surface area contributed by atoms with Crippen LogP contribution in [0.3, 0.4) is 0 Å². The van der Waals surface area contributed by atoms with E-state index in [1.165, 1.54) is 24.3 Å². The fourth-order valence-corrected chi connectivity index (χ4v) is 1.53. The Kier molecular flexibility index (Phi) is 6.55. The number of benzene rings is 1. The molecular formula is C14H16N2O6. The average molecular weight is 308 g/mol. The number of ether oxygens (including phenoxy) is 2. The molecule has 0 aromatic heterocycles. The van der Waals surface area contributed by atoms with Gasteiger partial charge in [-0.1, -0.05) is 6.08 Å². The number of allylic oxidation sites excluding steroid dienone is 1. The normalized spacial score (nSPS) is 10.3. The molecule has 0 fully saturated rings. The molecule has 8 heteroatoms. The summed E-state index contributed by atoms with van der Waals surface area (Å²) >= 11 is 0. The van der Waals surface area contributed by atoms with E-state index in [0.29, 0.717) is 12.4 Å². The number of rotatable bonds is 7. The minimum absolute atomic E-state index is 0.000496. The van der Waals surface area contributed by atoms with Crippen molar-refractivity contribution in [3.8, 4) is 5.75 Å². The minimum Gasteiger partial charge on any atom is -0.494 e. The smallest absolute Gasteiger partial charge is 0.330 e. The van der Waals surface area contributed by atoms with Crippen molar-refractivity contribution < 1.29 is 24.0 Å². The van der Waals surface area contributed by atoms with E-state index < -0.39 is 23.4 Å². The summed E-state index contributed by atoms with van der Waals surface area (Å²) in [6.07, 6.45) is 2.63. The second-order valence-electron chi connectivity index (χ2n) is 4.02. The number of amides is 1. The van der Waals surface area contributed by atoms with E-state index in [0.717, 1.165) is 6.08 Å². The summed E-state index contributed by atoms with van der Waals surface area (Å²) in [5, 5.41) is 13.3. The summed E-state index contributed by atoms with van der Waals surface area (Å²) in [6, 6.07) is 4.07. The first-order valence-corrected chi connectivity index (χ1v) is 6.48. The Morgan fingerprint density at radius 2 is 2.14 bits per heavy atom. The van der Waals surface area contributed by atoms with E-state index in [4.69, 9.17) is 4.74 Å². The van der Waals surface area contributed by atoms with Gasteiger partial charge in [0.25, 0.3) is 11.6 Å². The molecule has 0 aliphatic heterocycles. The van der Waals surface area contributed by atoms with Gasteiger partial charge >= 0.3 is 5.97 Å². The van der Waals surface area contributed by atoms with E-state index in [-0.39, 0.29) is 11.4 Å². The number of nitro groups is 1. The van der Waals surface area contributed by atoms with Crippen molar-refractivity contribution in [1.29, 1.82) is 0 Å². The van der Waals surface area contributed by atoms with Crippen LogP contribution in [-0.4, -0.2) is 30.0 Å². The Hall–Kier alpha value is -2.90. The number of carbonyl (C=O) groups is 2. The molecule has 0 aliphatic carbocycles. The Morgan fingerprint density at radius 1 is 1.41 bits per heavy atom. The molecule has 0 aliphatic rings. The summed E-state index contributed by atoms with van der Waals surface area (Å²) in [5.41, 5.74) is -0.306. The number of carbonyl (C=O) groups excluding carboxylic acids is 2. The Bertz CT molecular complexity index is 597. The lowest BCUT2D eigenvalue weighted by atomic mass is 10.2. The zero-order valence-electron chi connectivity index (χ0n) is 12.2. The van der Waals surface area contributed by atoms with Crippen LogP contribution in [-0.2, 0) is 14.3 Å². The highest BCUT2D eigenvalue weighted by Crippen LogP contribution is 2.29. The van der Waals surface area contributed by atoms with Crippen LogP contribution in [0.4, 0.5) is 11.4 Å². The fourth-order valence-electron chi connectivity index (χ4n) is 1.53. The second-order valence-corrected chi connectivity index (χ2v) is 4.02. The first kappa shape index (κ1) is 17.2. The first-order valence-electron chi connectivity index (χ1n) is 6.48. The van der Waals surface area contributed by atoms with Crippen LogP contribution in [0, 0.1) is 10.1 Å². The third-order valence-electron chi connectivity index (χ3n) is 2.40. The molecule has 118 valence electrons. The third-order valence-corrected chi connectivity index (χ3v) is 2.40. The number of nitrogens with one attached hydrogen (secondary N) is 1. The van der Waals surface area contributed by atoms with E-state index in [2.05, 4.69) is 10.1 Å². The van der Waals surface area contributed by atoms with Gasteiger partial charge in [-0.05, 0) is 26.0 Å². The molecule has 0 unspecified atom stereocenters. The molecule has 0 heterocycles. The standard InChI is InChI=1S/C14H16N2O6/c1-3-5-14(18)22-9-13(17)15-11-7-6-10(21-4-2)8-12(11)16(19)20/h3,5-8H,4,9H2,1-2H3,(H,15,17). The topological polar surface area (TPSA) is 108 Å². The number of anilines is 1. The quantitative estimate of drug-likeness (QED) is 0.357. The van der Waals surface area contributed by atoms with Gasteiger partial charge in [-0.15, -0.1) is 0 Å². The third kappa shape index (κ3) is 5.23. The maximum atomic E-state index is 11.6. The highest BCUT2D eigenvalue weighted by atomic mass is 16.6.